The molecule has 3 nitrogen and oxygen atoms in total. The van der Waals surface area contributed by atoms with Crippen molar-refractivity contribution in [2.45, 2.75) is 19.9 Å². The minimum absolute atomic E-state index is 0.0843. The molecule has 0 N–H and O–H groups in total. The van der Waals surface area contributed by atoms with Crippen LogP contribution in [0.1, 0.15) is 23.7 Å². The van der Waals surface area contributed by atoms with Crippen molar-refractivity contribution in [3.8, 4) is 11.1 Å². The van der Waals surface area contributed by atoms with Crippen molar-refractivity contribution >= 4 is 21.7 Å². The second kappa shape index (κ2) is 6.80. The van der Waals surface area contributed by atoms with E-state index < -0.39 is 5.82 Å². The molecule has 0 aliphatic carbocycles. The maximum absolute atomic E-state index is 13.4. The lowest BCUT2D eigenvalue weighted by Gasteiger charge is -2.10. The Morgan fingerprint density at radius 3 is 2.71 bits per heavy atom. The first-order chi connectivity index (χ1) is 10.1. The van der Waals surface area contributed by atoms with Crippen LogP contribution in [0.2, 0.25) is 0 Å². The molecule has 0 unspecified atom stereocenters. The molecule has 0 fully saturated rings. The number of hydrogen-bond acceptors (Lipinski definition) is 2. The Bertz CT molecular complexity index is 724. The van der Waals surface area contributed by atoms with E-state index in [2.05, 4.69) is 15.9 Å². The molecule has 0 aliphatic rings. The minimum Gasteiger partial charge on any atom is -0.353 e. The average molecular weight is 352 g/mol. The van der Waals surface area contributed by atoms with Gasteiger partial charge in [-0.05, 0) is 24.1 Å². The van der Waals surface area contributed by atoms with Gasteiger partial charge in [0, 0.05) is 24.5 Å². The number of pyridine rings is 1. The van der Waals surface area contributed by atoms with E-state index in [4.69, 9.17) is 0 Å². The standard InChI is InChI=1S/C16H15BrFNO2/c1-2-6-19-9-13(11-4-3-5-12(18)7-11)16(21)14(10-19)15(20)8-17/h3-5,7,9-10H,2,6,8H2,1H3. The number of carbonyl (C=O) groups excluding carboxylic acids is 1. The number of rotatable bonds is 5. The maximum atomic E-state index is 13.4. The van der Waals surface area contributed by atoms with Crippen molar-refractivity contribution in [2.75, 3.05) is 5.33 Å². The van der Waals surface area contributed by atoms with Crippen LogP contribution in [-0.2, 0) is 6.54 Å². The molecule has 0 saturated carbocycles. The van der Waals surface area contributed by atoms with Crippen LogP contribution in [0.5, 0.6) is 0 Å². The highest BCUT2D eigenvalue weighted by atomic mass is 79.9. The average Bonchev–Trinajstić information content (AvgIpc) is 2.48. The van der Waals surface area contributed by atoms with Gasteiger partial charge >= 0.3 is 0 Å². The van der Waals surface area contributed by atoms with Crippen LogP contribution in [-0.4, -0.2) is 15.7 Å². The summed E-state index contributed by atoms with van der Waals surface area (Å²) in [6.45, 7) is 2.69. The number of benzene rings is 1. The third-order valence-corrected chi connectivity index (χ3v) is 3.63. The van der Waals surface area contributed by atoms with Crippen molar-refractivity contribution in [2.24, 2.45) is 0 Å². The zero-order valence-corrected chi connectivity index (χ0v) is 13.2. The predicted octanol–water partition coefficient (Wildman–Crippen LogP) is 3.64. The Morgan fingerprint density at radius 2 is 2.10 bits per heavy atom. The summed E-state index contributed by atoms with van der Waals surface area (Å²) in [6, 6.07) is 5.84. The highest BCUT2D eigenvalue weighted by Gasteiger charge is 2.15. The van der Waals surface area contributed by atoms with Gasteiger partial charge in [-0.25, -0.2) is 4.39 Å². The van der Waals surface area contributed by atoms with Gasteiger partial charge in [0.15, 0.2) is 11.2 Å². The normalized spacial score (nSPS) is 10.6. The first kappa shape index (κ1) is 15.6. The summed E-state index contributed by atoms with van der Waals surface area (Å²) < 4.78 is 15.2. The topological polar surface area (TPSA) is 39.1 Å². The Labute approximate surface area is 130 Å². The molecule has 0 saturated heterocycles. The van der Waals surface area contributed by atoms with Crippen LogP contribution in [0.15, 0.2) is 41.5 Å². The monoisotopic (exact) mass is 351 g/mol. The third kappa shape index (κ3) is 3.47. The number of aromatic nitrogens is 1. The molecule has 0 bridgehead atoms. The number of carbonyl (C=O) groups is 1. The smallest absolute Gasteiger partial charge is 0.200 e. The van der Waals surface area contributed by atoms with Crippen LogP contribution < -0.4 is 5.43 Å². The molecule has 0 atom stereocenters. The summed E-state index contributed by atoms with van der Waals surface area (Å²) in [6.07, 6.45) is 4.11. The van der Waals surface area contributed by atoms with E-state index in [1.165, 1.54) is 12.1 Å². The lowest BCUT2D eigenvalue weighted by atomic mass is 10.0. The molecule has 2 rings (SSSR count). The number of Topliss-reactive ketones (excluding diaryl/α,β-unsaturated/α-hetero) is 1. The molecule has 1 aromatic heterocycles. The van der Waals surface area contributed by atoms with Crippen molar-refractivity contribution < 1.29 is 9.18 Å². The summed E-state index contributed by atoms with van der Waals surface area (Å²) in [5.74, 6) is -0.686. The number of nitrogens with zero attached hydrogens (tertiary/aromatic N) is 1. The molecule has 110 valence electrons. The van der Waals surface area contributed by atoms with E-state index in [0.29, 0.717) is 17.7 Å². The van der Waals surface area contributed by atoms with Gasteiger partial charge < -0.3 is 4.57 Å². The molecule has 0 aliphatic heterocycles. The molecule has 1 heterocycles. The summed E-state index contributed by atoms with van der Waals surface area (Å²) in [4.78, 5) is 24.4. The van der Waals surface area contributed by atoms with Crippen LogP contribution in [0, 0.1) is 5.82 Å². The van der Waals surface area contributed by atoms with Gasteiger partial charge in [0.1, 0.15) is 5.82 Å². The Kier molecular flexibility index (Phi) is 5.07. The van der Waals surface area contributed by atoms with Crippen LogP contribution in [0.4, 0.5) is 4.39 Å². The van der Waals surface area contributed by atoms with Gasteiger partial charge in [0.05, 0.1) is 10.9 Å². The molecule has 21 heavy (non-hydrogen) atoms. The van der Waals surface area contributed by atoms with Crippen molar-refractivity contribution in [3.63, 3.8) is 0 Å². The molecule has 5 heteroatoms. The highest BCUT2D eigenvalue weighted by molar-refractivity contribution is 9.09. The largest absolute Gasteiger partial charge is 0.353 e. The van der Waals surface area contributed by atoms with Gasteiger partial charge in [-0.15, -0.1) is 0 Å². The number of alkyl halides is 1. The van der Waals surface area contributed by atoms with Gasteiger partial charge in [-0.2, -0.15) is 0 Å². The van der Waals surface area contributed by atoms with E-state index >= 15 is 0 Å². The fraction of sp³-hybridized carbons (Fsp3) is 0.250. The molecular formula is C16H15BrFNO2. The second-order valence-electron chi connectivity index (χ2n) is 4.72. The predicted molar refractivity (Wildman–Crippen MR) is 84.5 cm³/mol. The molecule has 0 spiro atoms. The Hall–Kier alpha value is -1.75. The second-order valence-corrected chi connectivity index (χ2v) is 5.28. The lowest BCUT2D eigenvalue weighted by Crippen LogP contribution is -2.20. The van der Waals surface area contributed by atoms with Crippen molar-refractivity contribution in [3.05, 3.63) is 58.3 Å². The molecule has 0 radical (unpaired) electrons. The first-order valence-electron chi connectivity index (χ1n) is 6.66. The van der Waals surface area contributed by atoms with Gasteiger partial charge in [0.25, 0.3) is 0 Å². The lowest BCUT2D eigenvalue weighted by molar-refractivity contribution is 0.102. The van der Waals surface area contributed by atoms with E-state index in [1.807, 2.05) is 6.92 Å². The SMILES string of the molecule is CCCn1cc(C(=O)CBr)c(=O)c(-c2cccc(F)c2)c1. The maximum Gasteiger partial charge on any atom is 0.200 e. The zero-order valence-electron chi connectivity index (χ0n) is 11.6. The summed E-state index contributed by atoms with van der Waals surface area (Å²) in [7, 11) is 0. The first-order valence-corrected chi connectivity index (χ1v) is 7.78. The van der Waals surface area contributed by atoms with E-state index in [-0.39, 0.29) is 22.1 Å². The van der Waals surface area contributed by atoms with Crippen molar-refractivity contribution in [1.82, 2.24) is 4.57 Å². The molecule has 1 aromatic carbocycles. The fourth-order valence-corrected chi connectivity index (χ4v) is 2.45. The van der Waals surface area contributed by atoms with Crippen molar-refractivity contribution in [1.29, 1.82) is 0 Å². The summed E-state index contributed by atoms with van der Waals surface area (Å²) in [5, 5.41) is 0.0843. The summed E-state index contributed by atoms with van der Waals surface area (Å²) in [5.41, 5.74) is 0.586. The zero-order chi connectivity index (χ0) is 15.4. The number of hydrogen-bond donors (Lipinski definition) is 0. The Balaban J connectivity index is 2.67. The minimum atomic E-state index is -0.411. The third-order valence-electron chi connectivity index (χ3n) is 3.12. The van der Waals surface area contributed by atoms with E-state index in [9.17, 15) is 14.0 Å². The summed E-state index contributed by atoms with van der Waals surface area (Å²) >= 11 is 3.08. The van der Waals surface area contributed by atoms with E-state index in [1.54, 1.807) is 29.1 Å². The number of aryl methyl sites for hydroxylation is 1. The van der Waals surface area contributed by atoms with Gasteiger partial charge in [0.2, 0.25) is 0 Å². The van der Waals surface area contributed by atoms with E-state index in [0.717, 1.165) is 6.42 Å². The number of halogens is 2. The van der Waals surface area contributed by atoms with Gasteiger partial charge in [-0.3, -0.25) is 9.59 Å². The van der Waals surface area contributed by atoms with Crippen LogP contribution >= 0.6 is 15.9 Å². The molecular weight excluding hydrogens is 337 g/mol. The molecule has 0 amide bonds. The highest BCUT2D eigenvalue weighted by Crippen LogP contribution is 2.18. The van der Waals surface area contributed by atoms with Crippen LogP contribution in [0.25, 0.3) is 11.1 Å². The molecule has 2 aromatic rings. The quantitative estimate of drug-likeness (QED) is 0.609. The van der Waals surface area contributed by atoms with Gasteiger partial charge in [-0.1, -0.05) is 35.0 Å². The fourth-order valence-electron chi connectivity index (χ4n) is 2.15. The van der Waals surface area contributed by atoms with Crippen LogP contribution in [0.3, 0.4) is 0 Å². The Morgan fingerprint density at radius 1 is 1.33 bits per heavy atom. The number of ketones is 1.